The summed E-state index contributed by atoms with van der Waals surface area (Å²) < 4.78 is 15.0. The molecule has 1 nitrogen and oxygen atoms in total. The van der Waals surface area contributed by atoms with E-state index in [0.29, 0.717) is 17.8 Å². The second-order valence-corrected chi connectivity index (χ2v) is 10.9. The molecule has 3 aliphatic rings. The third-order valence-electron chi connectivity index (χ3n) is 8.45. The minimum absolute atomic E-state index is 0.162. The van der Waals surface area contributed by atoms with E-state index in [0.717, 1.165) is 32.1 Å². The highest BCUT2D eigenvalue weighted by Crippen LogP contribution is 2.60. The molecule has 1 unspecified atom stereocenters. The van der Waals surface area contributed by atoms with Gasteiger partial charge in [0.25, 0.3) is 0 Å². The van der Waals surface area contributed by atoms with Gasteiger partial charge in [-0.3, -0.25) is 0 Å². The second kappa shape index (κ2) is 9.50. The third-order valence-corrected chi connectivity index (χ3v) is 8.45. The molecule has 0 heterocycles. The van der Waals surface area contributed by atoms with Crippen molar-refractivity contribution >= 4 is 0 Å². The molecule has 1 N–H and O–H groups in total. The number of halogens is 1. The minimum Gasteiger partial charge on any atom is -0.393 e. The summed E-state index contributed by atoms with van der Waals surface area (Å²) in [7, 11) is 0. The first kappa shape index (κ1) is 22.8. The van der Waals surface area contributed by atoms with E-state index < -0.39 is 6.17 Å². The maximum Gasteiger partial charge on any atom is 0.103 e. The van der Waals surface area contributed by atoms with Gasteiger partial charge >= 0.3 is 0 Å². The molecule has 0 aromatic rings. The molecule has 3 fully saturated rings. The van der Waals surface area contributed by atoms with Gasteiger partial charge in [-0.2, -0.15) is 0 Å². The average molecular weight is 403 g/mol. The molecule has 0 aliphatic heterocycles. The standard InChI is InChI=1S/C27H43FO/c1-18(2)8-15-26(28)20(4)24-13-14-25-21(7-6-16-27(24,25)5)10-11-22-17-23(29)12-9-19(22)3/h10-11,18,20,23-26,29H,3,6-9,12-17H2,1-2,4-5H3/b21-10+,22-11+/t20-,23-,24+,25-,26?,27+/m0/s1. The van der Waals surface area contributed by atoms with Crippen LogP contribution in [0.5, 0.6) is 0 Å². The number of rotatable bonds is 6. The number of fused-ring (bicyclic) bond motifs is 1. The number of allylic oxidation sites excluding steroid dienone is 4. The average Bonchev–Trinajstić information content (AvgIpc) is 3.03. The molecule has 6 atom stereocenters. The third kappa shape index (κ3) is 5.06. The van der Waals surface area contributed by atoms with E-state index in [-0.39, 0.29) is 17.4 Å². The van der Waals surface area contributed by atoms with Crippen LogP contribution in [0.2, 0.25) is 0 Å². The van der Waals surface area contributed by atoms with Crippen LogP contribution in [-0.2, 0) is 0 Å². The quantitative estimate of drug-likeness (QED) is 0.486. The molecule has 29 heavy (non-hydrogen) atoms. The molecule has 3 aliphatic carbocycles. The first-order valence-electron chi connectivity index (χ1n) is 12.1. The van der Waals surface area contributed by atoms with Crippen molar-refractivity contribution in [1.82, 2.24) is 0 Å². The van der Waals surface area contributed by atoms with Crippen LogP contribution in [0.25, 0.3) is 0 Å². The Morgan fingerprint density at radius 3 is 2.62 bits per heavy atom. The van der Waals surface area contributed by atoms with Crippen LogP contribution in [0.15, 0.2) is 35.5 Å². The Hall–Kier alpha value is -0.890. The molecule has 3 saturated carbocycles. The van der Waals surface area contributed by atoms with Gasteiger partial charge in [-0.05, 0) is 98.9 Å². The lowest BCUT2D eigenvalue weighted by atomic mass is 9.60. The van der Waals surface area contributed by atoms with E-state index in [4.69, 9.17) is 0 Å². The second-order valence-electron chi connectivity index (χ2n) is 10.9. The van der Waals surface area contributed by atoms with Crippen LogP contribution in [-0.4, -0.2) is 17.4 Å². The van der Waals surface area contributed by atoms with Gasteiger partial charge in [0, 0.05) is 0 Å². The van der Waals surface area contributed by atoms with Crippen LogP contribution in [0.4, 0.5) is 4.39 Å². The Balaban J connectivity index is 1.73. The molecule has 2 heteroatoms. The number of aliphatic hydroxyl groups is 1. The predicted octanol–water partition coefficient (Wildman–Crippen LogP) is 7.57. The lowest BCUT2D eigenvalue weighted by Gasteiger charge is -2.45. The van der Waals surface area contributed by atoms with Crippen LogP contribution in [0, 0.1) is 29.1 Å². The van der Waals surface area contributed by atoms with Crippen molar-refractivity contribution in [2.75, 3.05) is 0 Å². The summed E-state index contributed by atoms with van der Waals surface area (Å²) in [6.07, 6.45) is 13.9. The molecule has 0 saturated heterocycles. The molecule has 0 radical (unpaired) electrons. The van der Waals surface area contributed by atoms with E-state index in [1.807, 2.05) is 0 Å². The molecule has 0 aromatic heterocycles. The molecule has 164 valence electrons. The van der Waals surface area contributed by atoms with Crippen molar-refractivity contribution in [3.05, 3.63) is 35.5 Å². The number of aliphatic hydroxyl groups excluding tert-OH is 1. The Kier molecular flexibility index (Phi) is 7.46. The van der Waals surface area contributed by atoms with Crippen molar-refractivity contribution in [3.63, 3.8) is 0 Å². The molecular formula is C27H43FO. The fourth-order valence-electron chi connectivity index (χ4n) is 6.55. The van der Waals surface area contributed by atoms with Gasteiger partial charge in [-0.1, -0.05) is 57.6 Å². The molecular weight excluding hydrogens is 359 g/mol. The minimum atomic E-state index is -0.665. The Morgan fingerprint density at radius 1 is 1.14 bits per heavy atom. The summed E-state index contributed by atoms with van der Waals surface area (Å²) in [5.74, 6) is 1.84. The maximum absolute atomic E-state index is 15.0. The van der Waals surface area contributed by atoms with E-state index in [9.17, 15) is 5.11 Å². The Morgan fingerprint density at radius 2 is 1.90 bits per heavy atom. The zero-order chi connectivity index (χ0) is 21.2. The molecule has 3 rings (SSSR count). The fraction of sp³-hybridized carbons (Fsp3) is 0.778. The maximum atomic E-state index is 15.0. The lowest BCUT2D eigenvalue weighted by molar-refractivity contribution is 0.0542. The zero-order valence-electron chi connectivity index (χ0n) is 19.2. The fourth-order valence-corrected chi connectivity index (χ4v) is 6.55. The van der Waals surface area contributed by atoms with E-state index in [2.05, 4.69) is 46.4 Å². The van der Waals surface area contributed by atoms with E-state index in [1.54, 1.807) is 5.57 Å². The van der Waals surface area contributed by atoms with Crippen LogP contribution >= 0.6 is 0 Å². The number of alkyl halides is 1. The summed E-state index contributed by atoms with van der Waals surface area (Å²) in [4.78, 5) is 0. The highest BCUT2D eigenvalue weighted by molar-refractivity contribution is 5.36. The van der Waals surface area contributed by atoms with Gasteiger partial charge in [0.2, 0.25) is 0 Å². The highest BCUT2D eigenvalue weighted by Gasteiger charge is 2.51. The van der Waals surface area contributed by atoms with Crippen molar-refractivity contribution < 1.29 is 9.50 Å². The van der Waals surface area contributed by atoms with Crippen molar-refractivity contribution in [2.45, 2.75) is 104 Å². The SMILES string of the molecule is C=C1CC[C@H](O)C/C1=C\C=C1/CCC[C@]2(C)[C@@H]([C@H](C)C(F)CCC(C)C)CC[C@@H]12. The summed E-state index contributed by atoms with van der Waals surface area (Å²) in [5.41, 5.74) is 4.22. The summed E-state index contributed by atoms with van der Waals surface area (Å²) in [6.45, 7) is 13.2. The predicted molar refractivity (Wildman–Crippen MR) is 121 cm³/mol. The molecule has 0 bridgehead atoms. The molecule has 0 spiro atoms. The lowest BCUT2D eigenvalue weighted by Crippen LogP contribution is -2.38. The smallest absolute Gasteiger partial charge is 0.103 e. The molecule has 0 aromatic carbocycles. The highest BCUT2D eigenvalue weighted by atomic mass is 19.1. The van der Waals surface area contributed by atoms with Gasteiger partial charge in [-0.15, -0.1) is 0 Å². The van der Waals surface area contributed by atoms with E-state index >= 15 is 4.39 Å². The van der Waals surface area contributed by atoms with Gasteiger partial charge in [0.05, 0.1) is 6.10 Å². The number of hydrogen-bond acceptors (Lipinski definition) is 1. The topological polar surface area (TPSA) is 20.2 Å². The van der Waals surface area contributed by atoms with Gasteiger partial charge in [-0.25, -0.2) is 4.39 Å². The first-order valence-corrected chi connectivity index (χ1v) is 12.1. The Bertz CT molecular complexity index is 645. The number of hydrogen-bond donors (Lipinski definition) is 1. The summed E-state index contributed by atoms with van der Waals surface area (Å²) >= 11 is 0. The first-order chi connectivity index (χ1) is 13.7. The summed E-state index contributed by atoms with van der Waals surface area (Å²) in [6, 6.07) is 0. The zero-order valence-corrected chi connectivity index (χ0v) is 19.2. The van der Waals surface area contributed by atoms with Crippen molar-refractivity contribution in [2.24, 2.45) is 29.1 Å². The monoisotopic (exact) mass is 402 g/mol. The van der Waals surface area contributed by atoms with Gasteiger partial charge in [0.15, 0.2) is 0 Å². The van der Waals surface area contributed by atoms with Crippen LogP contribution in [0.1, 0.15) is 91.9 Å². The Labute approximate surface area is 178 Å². The van der Waals surface area contributed by atoms with Crippen molar-refractivity contribution in [3.8, 4) is 0 Å². The van der Waals surface area contributed by atoms with Crippen molar-refractivity contribution in [1.29, 1.82) is 0 Å². The largest absolute Gasteiger partial charge is 0.393 e. The normalized spacial score (nSPS) is 37.9. The summed E-state index contributed by atoms with van der Waals surface area (Å²) in [5, 5.41) is 10.0. The van der Waals surface area contributed by atoms with Gasteiger partial charge < -0.3 is 5.11 Å². The molecule has 0 amide bonds. The van der Waals surface area contributed by atoms with Crippen LogP contribution < -0.4 is 0 Å². The van der Waals surface area contributed by atoms with Crippen LogP contribution in [0.3, 0.4) is 0 Å². The van der Waals surface area contributed by atoms with E-state index in [1.165, 1.54) is 43.3 Å². The van der Waals surface area contributed by atoms with Gasteiger partial charge in [0.1, 0.15) is 6.17 Å².